The number of hydrogen-bond donors (Lipinski definition) is 1. The first-order chi connectivity index (χ1) is 14.4. The first kappa shape index (κ1) is 21.0. The van der Waals surface area contributed by atoms with E-state index in [1.165, 1.54) is 24.8 Å². The molecule has 7 nitrogen and oxygen atoms in total. The highest BCUT2D eigenvalue weighted by Gasteiger charge is 2.23. The molecule has 0 saturated carbocycles. The number of fused-ring (bicyclic) bond motifs is 1. The fourth-order valence-corrected chi connectivity index (χ4v) is 4.46. The van der Waals surface area contributed by atoms with Gasteiger partial charge in [-0.1, -0.05) is 27.2 Å². The Hall–Kier alpha value is -2.28. The molecule has 2 aromatic rings. The number of likely N-dealkylation sites (tertiary alicyclic amines) is 1. The highest BCUT2D eigenvalue weighted by molar-refractivity contribution is 5.40. The highest BCUT2D eigenvalue weighted by Crippen LogP contribution is 2.22. The largest absolute Gasteiger partial charge is 0.367 e. The first-order valence-electron chi connectivity index (χ1n) is 11.3. The lowest BCUT2D eigenvalue weighted by atomic mass is 9.92. The third-order valence-corrected chi connectivity index (χ3v) is 6.32. The van der Waals surface area contributed by atoms with E-state index in [2.05, 4.69) is 52.4 Å². The van der Waals surface area contributed by atoms with Crippen molar-refractivity contribution >= 4 is 5.82 Å². The van der Waals surface area contributed by atoms with E-state index >= 15 is 0 Å². The summed E-state index contributed by atoms with van der Waals surface area (Å²) >= 11 is 0. The number of nitrogens with zero attached hydrogens (tertiary/aromatic N) is 5. The van der Waals surface area contributed by atoms with Gasteiger partial charge in [0, 0.05) is 30.6 Å². The summed E-state index contributed by atoms with van der Waals surface area (Å²) in [6, 6.07) is 6.11. The van der Waals surface area contributed by atoms with E-state index < -0.39 is 0 Å². The van der Waals surface area contributed by atoms with E-state index in [1.807, 2.05) is 6.07 Å². The van der Waals surface area contributed by atoms with Crippen LogP contribution in [-0.2, 0) is 24.8 Å². The molecule has 0 spiro atoms. The second-order valence-corrected chi connectivity index (χ2v) is 9.65. The molecule has 0 amide bonds. The maximum Gasteiger partial charge on any atom is 0.266 e. The molecule has 3 heterocycles. The lowest BCUT2D eigenvalue weighted by Gasteiger charge is -2.36. The summed E-state index contributed by atoms with van der Waals surface area (Å²) < 4.78 is 1.63. The SMILES string of the molecule is CC(C)(C)c1ccc(=O)n(CCN2CCCCC2CNc2cc3c(nn2)CCC3)n1. The topological polar surface area (TPSA) is 75.9 Å². The molecule has 7 heteroatoms. The number of rotatable bonds is 6. The molecule has 2 aliphatic rings. The molecule has 0 bridgehead atoms. The van der Waals surface area contributed by atoms with Crippen molar-refractivity contribution in [3.05, 3.63) is 45.5 Å². The van der Waals surface area contributed by atoms with Crippen LogP contribution in [0.25, 0.3) is 0 Å². The molecule has 1 saturated heterocycles. The van der Waals surface area contributed by atoms with Gasteiger partial charge < -0.3 is 5.32 Å². The number of aryl methyl sites for hydroxylation is 2. The third-order valence-electron chi connectivity index (χ3n) is 6.32. The van der Waals surface area contributed by atoms with Crippen molar-refractivity contribution in [3.8, 4) is 0 Å². The van der Waals surface area contributed by atoms with E-state index in [0.717, 1.165) is 56.1 Å². The average molecular weight is 411 g/mol. The van der Waals surface area contributed by atoms with Crippen LogP contribution in [0.2, 0.25) is 0 Å². The minimum absolute atomic E-state index is 0.0249. The molecule has 1 N–H and O–H groups in total. The van der Waals surface area contributed by atoms with Gasteiger partial charge in [-0.05, 0) is 56.3 Å². The monoisotopic (exact) mass is 410 g/mol. The van der Waals surface area contributed by atoms with Crippen LogP contribution in [0.4, 0.5) is 5.82 Å². The molecule has 0 radical (unpaired) electrons. The van der Waals surface area contributed by atoms with Crippen molar-refractivity contribution in [2.45, 2.75) is 77.3 Å². The van der Waals surface area contributed by atoms with Gasteiger partial charge in [0.1, 0.15) is 5.82 Å². The zero-order valence-corrected chi connectivity index (χ0v) is 18.5. The highest BCUT2D eigenvalue weighted by atomic mass is 16.1. The van der Waals surface area contributed by atoms with E-state index in [-0.39, 0.29) is 11.0 Å². The van der Waals surface area contributed by atoms with Gasteiger partial charge in [-0.15, -0.1) is 5.10 Å². The number of aromatic nitrogens is 4. The zero-order valence-electron chi connectivity index (χ0n) is 18.5. The van der Waals surface area contributed by atoms with Crippen molar-refractivity contribution < 1.29 is 0 Å². The number of anilines is 1. The summed E-state index contributed by atoms with van der Waals surface area (Å²) in [5.74, 6) is 0.886. The van der Waals surface area contributed by atoms with E-state index in [4.69, 9.17) is 0 Å². The van der Waals surface area contributed by atoms with E-state index in [9.17, 15) is 4.79 Å². The van der Waals surface area contributed by atoms with Crippen LogP contribution < -0.4 is 10.9 Å². The van der Waals surface area contributed by atoms with E-state index in [1.54, 1.807) is 10.7 Å². The molecular weight excluding hydrogens is 376 g/mol. The van der Waals surface area contributed by atoms with E-state index in [0.29, 0.717) is 12.6 Å². The first-order valence-corrected chi connectivity index (χ1v) is 11.3. The maximum atomic E-state index is 12.3. The predicted octanol–water partition coefficient (Wildman–Crippen LogP) is 2.79. The lowest BCUT2D eigenvalue weighted by molar-refractivity contribution is 0.147. The number of nitrogens with one attached hydrogen (secondary N) is 1. The smallest absolute Gasteiger partial charge is 0.266 e. The second kappa shape index (κ2) is 8.84. The second-order valence-electron chi connectivity index (χ2n) is 9.65. The fourth-order valence-electron chi connectivity index (χ4n) is 4.46. The number of piperidine rings is 1. The molecule has 1 aliphatic heterocycles. The van der Waals surface area contributed by atoms with Gasteiger partial charge in [-0.2, -0.15) is 10.2 Å². The van der Waals surface area contributed by atoms with Crippen molar-refractivity contribution in [2.75, 3.05) is 25.0 Å². The van der Waals surface area contributed by atoms with Crippen molar-refractivity contribution in [1.29, 1.82) is 0 Å². The maximum absolute atomic E-state index is 12.3. The Morgan fingerprint density at radius 2 is 1.97 bits per heavy atom. The third kappa shape index (κ3) is 4.89. The van der Waals surface area contributed by atoms with Gasteiger partial charge in [-0.25, -0.2) is 4.68 Å². The lowest BCUT2D eigenvalue weighted by Crippen LogP contribution is -2.45. The summed E-state index contributed by atoms with van der Waals surface area (Å²) in [6.07, 6.45) is 6.98. The van der Waals surface area contributed by atoms with Crippen LogP contribution in [-0.4, -0.2) is 50.6 Å². The molecule has 2 aromatic heterocycles. The predicted molar refractivity (Wildman–Crippen MR) is 119 cm³/mol. The summed E-state index contributed by atoms with van der Waals surface area (Å²) in [5.41, 5.74) is 3.37. The van der Waals surface area contributed by atoms with Gasteiger partial charge in [-0.3, -0.25) is 9.69 Å². The normalized spacial score (nSPS) is 19.6. The molecular formula is C23H34N6O. The van der Waals surface area contributed by atoms with Gasteiger partial charge in [0.05, 0.1) is 17.9 Å². The van der Waals surface area contributed by atoms with Crippen LogP contribution in [0, 0.1) is 0 Å². The molecule has 4 rings (SSSR count). The van der Waals surface area contributed by atoms with Gasteiger partial charge in [0.25, 0.3) is 5.56 Å². The van der Waals surface area contributed by atoms with Crippen LogP contribution >= 0.6 is 0 Å². The minimum atomic E-state index is -0.0656. The molecule has 1 fully saturated rings. The summed E-state index contributed by atoms with van der Waals surface area (Å²) in [6.45, 7) is 9.75. The Kier molecular flexibility index (Phi) is 6.18. The van der Waals surface area contributed by atoms with Crippen molar-refractivity contribution in [2.24, 2.45) is 0 Å². The quantitative estimate of drug-likeness (QED) is 0.789. The molecule has 30 heavy (non-hydrogen) atoms. The van der Waals surface area contributed by atoms with Crippen LogP contribution in [0.5, 0.6) is 0 Å². The zero-order chi connectivity index (χ0) is 21.1. The summed E-state index contributed by atoms with van der Waals surface area (Å²) in [4.78, 5) is 14.8. The minimum Gasteiger partial charge on any atom is -0.367 e. The Labute approximate surface area is 178 Å². The average Bonchev–Trinajstić information content (AvgIpc) is 3.19. The standard InChI is InChI=1S/C23H34N6O/c1-23(2,3)20-10-11-22(30)29(27-20)14-13-28-12-5-4-8-18(28)16-24-21-15-17-7-6-9-19(17)25-26-21/h10-11,15,18H,4-9,12-14,16H2,1-3H3,(H,24,26). The molecule has 1 aliphatic carbocycles. The number of hydrogen-bond acceptors (Lipinski definition) is 6. The molecule has 0 aromatic carbocycles. The summed E-state index contributed by atoms with van der Waals surface area (Å²) in [7, 11) is 0. The Bertz CT molecular complexity index is 932. The Morgan fingerprint density at radius 1 is 1.10 bits per heavy atom. The molecule has 1 atom stereocenters. The summed E-state index contributed by atoms with van der Waals surface area (Å²) in [5, 5.41) is 16.9. The van der Waals surface area contributed by atoms with Crippen molar-refractivity contribution in [3.63, 3.8) is 0 Å². The van der Waals surface area contributed by atoms with Crippen molar-refractivity contribution in [1.82, 2.24) is 24.9 Å². The van der Waals surface area contributed by atoms with Crippen LogP contribution in [0.1, 0.15) is 63.4 Å². The molecule has 1 unspecified atom stereocenters. The molecule has 162 valence electrons. The van der Waals surface area contributed by atoms with Gasteiger partial charge >= 0.3 is 0 Å². The fraction of sp³-hybridized carbons (Fsp3) is 0.652. The Morgan fingerprint density at radius 3 is 2.80 bits per heavy atom. The Balaban J connectivity index is 1.38. The van der Waals surface area contributed by atoms with Crippen LogP contribution in [0.3, 0.4) is 0 Å². The van der Waals surface area contributed by atoms with Crippen LogP contribution in [0.15, 0.2) is 23.0 Å². The van der Waals surface area contributed by atoms with Gasteiger partial charge in [0.2, 0.25) is 0 Å². The van der Waals surface area contributed by atoms with Gasteiger partial charge in [0.15, 0.2) is 0 Å².